The van der Waals surface area contributed by atoms with E-state index in [9.17, 15) is 18.0 Å². The van der Waals surface area contributed by atoms with E-state index in [1.807, 2.05) is 51.1 Å². The second-order valence-corrected chi connectivity index (χ2v) is 12.7. The molecule has 3 aromatic rings. The summed E-state index contributed by atoms with van der Waals surface area (Å²) in [5.41, 5.74) is 5.66. The second kappa shape index (κ2) is 9.68. The van der Waals surface area contributed by atoms with Gasteiger partial charge in [0.25, 0.3) is 12.0 Å². The van der Waals surface area contributed by atoms with Gasteiger partial charge in [-0.1, -0.05) is 24.3 Å². The molecule has 0 radical (unpaired) electrons. The Morgan fingerprint density at radius 2 is 1.74 bits per heavy atom. The summed E-state index contributed by atoms with van der Waals surface area (Å²) in [5.74, 6) is 0. The molecule has 0 amide bonds. The van der Waals surface area contributed by atoms with E-state index < -0.39 is 10.0 Å². The van der Waals surface area contributed by atoms with Gasteiger partial charge >= 0.3 is 0 Å². The predicted molar refractivity (Wildman–Crippen MR) is 149 cm³/mol. The number of carbonyl (C=O) groups is 1. The molecule has 0 bridgehead atoms. The van der Waals surface area contributed by atoms with Crippen LogP contribution in [0.15, 0.2) is 53.3 Å². The number of fused-ring (bicyclic) bond motifs is 5. The second-order valence-electron chi connectivity index (χ2n) is 10.7. The van der Waals surface area contributed by atoms with Crippen molar-refractivity contribution in [2.45, 2.75) is 32.9 Å². The molecule has 6 rings (SSSR count). The van der Waals surface area contributed by atoms with Crippen LogP contribution in [-0.2, 0) is 26.1 Å². The van der Waals surface area contributed by atoms with E-state index in [2.05, 4.69) is 37.4 Å². The lowest BCUT2D eigenvalue weighted by Crippen LogP contribution is -2.47. The minimum atomic E-state index is -3.11. The van der Waals surface area contributed by atoms with Crippen molar-refractivity contribution in [2.24, 2.45) is 0 Å². The summed E-state index contributed by atoms with van der Waals surface area (Å²) < 4.78 is 31.6. The number of rotatable bonds is 5. The summed E-state index contributed by atoms with van der Waals surface area (Å²) in [6, 6.07) is 16.2. The lowest BCUT2D eigenvalue weighted by atomic mass is 10.1. The molecule has 2 aromatic carbocycles. The lowest BCUT2D eigenvalue weighted by molar-refractivity contribution is -0.138. The van der Waals surface area contributed by atoms with Crippen molar-refractivity contribution in [2.75, 3.05) is 32.4 Å². The molecule has 0 saturated carbocycles. The van der Waals surface area contributed by atoms with E-state index in [1.165, 1.54) is 17.2 Å². The smallest absolute Gasteiger partial charge is 0.293 e. The maximum Gasteiger partial charge on any atom is 0.293 e. The van der Waals surface area contributed by atoms with Crippen LogP contribution in [0.3, 0.4) is 0 Å². The van der Waals surface area contributed by atoms with E-state index in [1.54, 1.807) is 4.31 Å². The summed E-state index contributed by atoms with van der Waals surface area (Å²) in [4.78, 5) is 27.5. The highest BCUT2D eigenvalue weighted by atomic mass is 32.2. The number of nitrogens with one attached hydrogen (secondary N) is 1. The van der Waals surface area contributed by atoms with Gasteiger partial charge in [0.2, 0.25) is 10.0 Å². The molecule has 1 N–H and O–H groups in total. The number of hydrogen-bond acceptors (Lipinski definition) is 6. The molecule has 38 heavy (non-hydrogen) atoms. The molecule has 4 heterocycles. The Bertz CT molecular complexity index is 1690. The van der Waals surface area contributed by atoms with E-state index in [0.717, 1.165) is 47.4 Å². The number of carbonyl (C=O) groups excluding carboxylic acids is 1. The lowest BCUT2D eigenvalue weighted by Gasteiger charge is -2.33. The fourth-order valence-corrected chi connectivity index (χ4v) is 5.69. The van der Waals surface area contributed by atoms with Crippen molar-refractivity contribution in [3.63, 3.8) is 0 Å². The van der Waals surface area contributed by atoms with Gasteiger partial charge in [-0.2, -0.15) is 4.31 Å². The van der Waals surface area contributed by atoms with Crippen LogP contribution in [0.2, 0.25) is 0 Å². The summed E-state index contributed by atoms with van der Waals surface area (Å²) in [5, 5.41) is 2.21. The van der Waals surface area contributed by atoms with Crippen LogP contribution in [-0.4, -0.2) is 71.7 Å². The van der Waals surface area contributed by atoms with Gasteiger partial charge in [0.15, 0.2) is 0 Å². The average Bonchev–Trinajstić information content (AvgIpc) is 3.50. The van der Waals surface area contributed by atoms with Gasteiger partial charge in [0, 0.05) is 43.6 Å². The van der Waals surface area contributed by atoms with Crippen LogP contribution in [0.5, 0.6) is 0 Å². The molecule has 200 valence electrons. The number of piperazine rings is 1. The largest absolute Gasteiger partial charge is 0.462 e. The highest BCUT2D eigenvalue weighted by Crippen LogP contribution is 2.50. The van der Waals surface area contributed by atoms with E-state index >= 15 is 0 Å². The fourth-order valence-electron chi connectivity index (χ4n) is 4.86. The summed E-state index contributed by atoms with van der Waals surface area (Å²) >= 11 is 0. The normalized spacial score (nSPS) is 15.8. The number of H-pyrrole nitrogens is 1. The van der Waals surface area contributed by atoms with Crippen LogP contribution in [0.25, 0.3) is 38.8 Å². The van der Waals surface area contributed by atoms with Gasteiger partial charge in [-0.15, -0.1) is 0 Å². The van der Waals surface area contributed by atoms with Crippen molar-refractivity contribution in [1.29, 1.82) is 0 Å². The molecule has 3 aliphatic rings. The number of pyridine rings is 1. The summed E-state index contributed by atoms with van der Waals surface area (Å²) in [7, 11) is -3.11. The first-order chi connectivity index (χ1) is 18.0. The first kappa shape index (κ1) is 26.1. The Morgan fingerprint density at radius 3 is 2.37 bits per heavy atom. The molecule has 1 aromatic heterocycles. The highest BCUT2D eigenvalue weighted by molar-refractivity contribution is 7.88. The highest BCUT2D eigenvalue weighted by Gasteiger charge is 2.35. The fraction of sp³-hybridized carbons (Fsp3) is 0.357. The Balaban J connectivity index is 0.000000374. The van der Waals surface area contributed by atoms with Crippen LogP contribution in [0.1, 0.15) is 26.3 Å². The molecule has 1 fully saturated rings. The topological polar surface area (TPSA) is 105 Å². The van der Waals surface area contributed by atoms with Crippen LogP contribution < -0.4 is 5.56 Å². The van der Waals surface area contributed by atoms with Gasteiger partial charge < -0.3 is 14.3 Å². The number of para-hydroxylation sites is 1. The van der Waals surface area contributed by atoms with Gasteiger partial charge in [-0.3, -0.25) is 14.5 Å². The van der Waals surface area contributed by atoms with Crippen molar-refractivity contribution in [3.05, 3.63) is 64.4 Å². The predicted octanol–water partition coefficient (Wildman–Crippen LogP) is 3.49. The Morgan fingerprint density at radius 1 is 1.03 bits per heavy atom. The molecule has 3 aliphatic heterocycles. The Kier molecular flexibility index (Phi) is 6.66. The van der Waals surface area contributed by atoms with Crippen LogP contribution >= 0.6 is 0 Å². The zero-order valence-electron chi connectivity index (χ0n) is 22.0. The third-order valence-electron chi connectivity index (χ3n) is 6.80. The van der Waals surface area contributed by atoms with Gasteiger partial charge in [0.1, 0.15) is 5.60 Å². The first-order valence-electron chi connectivity index (χ1n) is 12.6. The zero-order chi connectivity index (χ0) is 27.2. The van der Waals surface area contributed by atoms with E-state index in [4.69, 9.17) is 0 Å². The third kappa shape index (κ3) is 5.24. The quantitative estimate of drug-likeness (QED) is 0.345. The standard InChI is InChI=1S/C23H22N4O3S.C5H10O2/c1-31(29,30)26-10-8-25(9-11-26)14-15-6-7-20-17(12-15)21-22(27(20)21)18-13-16-4-2-3-5-19(16)24-23(18)28;1-5(2,3)7-4-6/h2-7,12-13H,8-11,14H2,1H3,(H,24,28);4H,1-3H3. The SMILES string of the molecule is CC(C)(C)OC=O.CS(=O)(=O)N1CCN(Cc2ccc3c(c2)c2c(-c4cc5ccccc5[nH]c4=O)n3-2)CC1. The van der Waals surface area contributed by atoms with E-state index in [0.29, 0.717) is 25.1 Å². The third-order valence-corrected chi connectivity index (χ3v) is 8.10. The Labute approximate surface area is 221 Å². The number of ether oxygens (including phenoxy) is 1. The van der Waals surface area contributed by atoms with Crippen LogP contribution in [0, 0.1) is 0 Å². The minimum absolute atomic E-state index is 0.0644. The van der Waals surface area contributed by atoms with Crippen LogP contribution in [0.4, 0.5) is 0 Å². The van der Waals surface area contributed by atoms with Crippen molar-refractivity contribution < 1.29 is 17.9 Å². The van der Waals surface area contributed by atoms with Gasteiger partial charge in [-0.05, 0) is 56.0 Å². The number of nitrogens with zero attached hydrogens (tertiary/aromatic N) is 3. The molecule has 0 spiro atoms. The molecule has 1 saturated heterocycles. The molecule has 0 aliphatic carbocycles. The molecule has 0 unspecified atom stereocenters. The monoisotopic (exact) mass is 536 g/mol. The number of hydrogen-bond donors (Lipinski definition) is 1. The number of aromatic amines is 1. The number of benzene rings is 2. The average molecular weight is 537 g/mol. The zero-order valence-corrected chi connectivity index (χ0v) is 22.8. The summed E-state index contributed by atoms with van der Waals surface area (Å²) in [6.45, 7) is 9.26. The molecule has 0 atom stereocenters. The minimum Gasteiger partial charge on any atom is -0.462 e. The van der Waals surface area contributed by atoms with Crippen molar-refractivity contribution in [1.82, 2.24) is 18.8 Å². The molecule has 9 nitrogen and oxygen atoms in total. The molecular weight excluding hydrogens is 504 g/mol. The summed E-state index contributed by atoms with van der Waals surface area (Å²) in [6.07, 6.45) is 1.27. The van der Waals surface area contributed by atoms with Crippen molar-refractivity contribution >= 4 is 38.3 Å². The van der Waals surface area contributed by atoms with Gasteiger partial charge in [-0.25, -0.2) is 8.42 Å². The Hall–Kier alpha value is -3.47. The van der Waals surface area contributed by atoms with Gasteiger partial charge in [0.05, 0.1) is 28.7 Å². The molecule has 10 heteroatoms. The number of aromatic nitrogens is 2. The number of sulfonamides is 1. The van der Waals surface area contributed by atoms with Crippen molar-refractivity contribution in [3.8, 4) is 16.9 Å². The van der Waals surface area contributed by atoms with E-state index in [-0.39, 0.29) is 11.2 Å². The maximum atomic E-state index is 12.6. The first-order valence-corrected chi connectivity index (χ1v) is 14.4. The maximum absolute atomic E-state index is 12.6. The molecular formula is C28H32N4O5S.